The van der Waals surface area contributed by atoms with Gasteiger partial charge in [-0.05, 0) is 62.8 Å². The van der Waals surface area contributed by atoms with Crippen LogP contribution in [0, 0.1) is 5.92 Å². The number of anilines is 2. The Morgan fingerprint density at radius 2 is 1.93 bits per heavy atom. The second-order valence-electron chi connectivity index (χ2n) is 7.14. The third-order valence-electron chi connectivity index (χ3n) is 5.20. The van der Waals surface area contributed by atoms with Crippen molar-refractivity contribution >= 4 is 64.7 Å². The molecule has 0 saturated carbocycles. The molecule has 0 unspecified atom stereocenters. The Balaban J connectivity index is 0.00000150. The molecule has 0 spiro atoms. The lowest BCUT2D eigenvalue weighted by molar-refractivity contribution is -0.121. The molecule has 0 atom stereocenters. The third kappa shape index (κ3) is 4.95. The zero-order valence-corrected chi connectivity index (χ0v) is 18.3. The molecule has 1 aliphatic heterocycles. The number of nitrogens with one attached hydrogen (secondary N) is 2. The van der Waals surface area contributed by atoms with Crippen LogP contribution in [0.1, 0.15) is 12.8 Å². The molecule has 4 rings (SSSR count). The number of carbonyl (C=O) groups is 1. The fraction of sp³-hybridized carbons (Fsp3) is 0.300. The third-order valence-corrected chi connectivity index (χ3v) is 5.51. The highest BCUT2D eigenvalue weighted by molar-refractivity contribution is 6.33. The van der Waals surface area contributed by atoms with Crippen LogP contribution in [0.25, 0.3) is 22.0 Å². The summed E-state index contributed by atoms with van der Waals surface area (Å²) < 4.78 is 0. The maximum absolute atomic E-state index is 12.6. The minimum Gasteiger partial charge on any atom is -0.399 e. The van der Waals surface area contributed by atoms with Crippen LogP contribution < -0.4 is 11.1 Å². The van der Waals surface area contributed by atoms with E-state index >= 15 is 0 Å². The van der Waals surface area contributed by atoms with Gasteiger partial charge >= 0.3 is 0 Å². The fourth-order valence-electron chi connectivity index (χ4n) is 3.53. The monoisotopic (exact) mass is 455 g/mol. The van der Waals surface area contributed by atoms with Gasteiger partial charge in [-0.2, -0.15) is 5.10 Å². The molecule has 3 aromatic rings. The summed E-state index contributed by atoms with van der Waals surface area (Å²) in [6, 6.07) is 11.4. The standard InChI is InChI=1S/C20H22ClN5O.2ClH/c1-26-8-6-12(7-9-26)20(27)23-19-16-10-13(2-5-18(16)24-25-19)15-4-3-14(22)11-17(15)21;;/h2-5,10-12H,6-9,22H2,1H3,(H2,23,24,25,27);2*1H. The summed E-state index contributed by atoms with van der Waals surface area (Å²) in [6.45, 7) is 1.89. The minimum absolute atomic E-state index is 0. The molecule has 0 bridgehead atoms. The maximum Gasteiger partial charge on any atom is 0.228 e. The number of rotatable bonds is 3. The van der Waals surface area contributed by atoms with Crippen molar-refractivity contribution in [1.29, 1.82) is 0 Å². The molecule has 0 radical (unpaired) electrons. The quantitative estimate of drug-likeness (QED) is 0.503. The Hall–Kier alpha value is -1.99. The molecular weight excluding hydrogens is 433 g/mol. The van der Waals surface area contributed by atoms with E-state index in [2.05, 4.69) is 27.5 Å². The Bertz CT molecular complexity index is 999. The second kappa shape index (κ2) is 9.67. The summed E-state index contributed by atoms with van der Waals surface area (Å²) in [5.41, 5.74) is 9.12. The Labute approximate surface area is 187 Å². The summed E-state index contributed by atoms with van der Waals surface area (Å²) in [5.74, 6) is 0.623. The number of halogens is 3. The lowest BCUT2D eigenvalue weighted by atomic mass is 9.96. The number of amides is 1. The molecule has 29 heavy (non-hydrogen) atoms. The molecule has 1 aromatic heterocycles. The predicted molar refractivity (Wildman–Crippen MR) is 124 cm³/mol. The van der Waals surface area contributed by atoms with Crippen molar-refractivity contribution < 1.29 is 4.79 Å². The second-order valence-corrected chi connectivity index (χ2v) is 7.55. The molecule has 2 heterocycles. The number of nitrogen functional groups attached to an aromatic ring is 1. The van der Waals surface area contributed by atoms with Crippen LogP contribution in [0.5, 0.6) is 0 Å². The first-order valence-corrected chi connectivity index (χ1v) is 9.42. The first kappa shape index (κ1) is 23.3. The van der Waals surface area contributed by atoms with Crippen molar-refractivity contribution in [1.82, 2.24) is 15.1 Å². The number of hydrogen-bond acceptors (Lipinski definition) is 4. The number of benzene rings is 2. The van der Waals surface area contributed by atoms with Gasteiger partial charge in [0.15, 0.2) is 5.82 Å². The summed E-state index contributed by atoms with van der Waals surface area (Å²) in [4.78, 5) is 14.9. The minimum atomic E-state index is 0. The van der Waals surface area contributed by atoms with Gasteiger partial charge in [-0.1, -0.05) is 23.7 Å². The molecule has 4 N–H and O–H groups in total. The highest BCUT2D eigenvalue weighted by Gasteiger charge is 2.24. The average Bonchev–Trinajstić information content (AvgIpc) is 3.04. The van der Waals surface area contributed by atoms with Crippen molar-refractivity contribution in [2.45, 2.75) is 12.8 Å². The molecule has 6 nitrogen and oxygen atoms in total. The van der Waals surface area contributed by atoms with Gasteiger partial charge in [0, 0.05) is 22.6 Å². The fourth-order valence-corrected chi connectivity index (χ4v) is 3.83. The molecular formula is C20H24Cl3N5O. The molecule has 1 fully saturated rings. The van der Waals surface area contributed by atoms with Crippen LogP contribution >= 0.6 is 36.4 Å². The number of fused-ring (bicyclic) bond motifs is 1. The molecule has 1 amide bonds. The smallest absolute Gasteiger partial charge is 0.228 e. The largest absolute Gasteiger partial charge is 0.399 e. The van der Waals surface area contributed by atoms with E-state index in [1.807, 2.05) is 30.3 Å². The molecule has 9 heteroatoms. The number of aromatic nitrogens is 2. The van der Waals surface area contributed by atoms with E-state index in [9.17, 15) is 4.79 Å². The number of carbonyl (C=O) groups excluding carboxylic acids is 1. The number of piperidine rings is 1. The highest BCUT2D eigenvalue weighted by atomic mass is 35.5. The topological polar surface area (TPSA) is 87.0 Å². The maximum atomic E-state index is 12.6. The van der Waals surface area contributed by atoms with E-state index in [1.165, 1.54) is 0 Å². The van der Waals surface area contributed by atoms with Gasteiger partial charge in [-0.3, -0.25) is 9.89 Å². The van der Waals surface area contributed by atoms with Gasteiger partial charge in [-0.25, -0.2) is 0 Å². The van der Waals surface area contributed by atoms with Crippen LogP contribution in [-0.2, 0) is 4.79 Å². The van der Waals surface area contributed by atoms with Crippen molar-refractivity contribution in [3.05, 3.63) is 41.4 Å². The van der Waals surface area contributed by atoms with Gasteiger partial charge < -0.3 is 16.0 Å². The number of hydrogen-bond donors (Lipinski definition) is 3. The van der Waals surface area contributed by atoms with Gasteiger partial charge in [0.25, 0.3) is 0 Å². The first-order valence-electron chi connectivity index (χ1n) is 9.04. The van der Waals surface area contributed by atoms with E-state index in [0.717, 1.165) is 48.0 Å². The Morgan fingerprint density at radius 3 is 2.62 bits per heavy atom. The van der Waals surface area contributed by atoms with Crippen molar-refractivity contribution in [3.63, 3.8) is 0 Å². The molecule has 1 aliphatic rings. The summed E-state index contributed by atoms with van der Waals surface area (Å²) in [5, 5.41) is 11.7. The number of likely N-dealkylation sites (tertiary alicyclic amines) is 1. The summed E-state index contributed by atoms with van der Waals surface area (Å²) in [7, 11) is 2.08. The summed E-state index contributed by atoms with van der Waals surface area (Å²) >= 11 is 6.35. The van der Waals surface area contributed by atoms with Crippen molar-refractivity contribution in [3.8, 4) is 11.1 Å². The predicted octanol–water partition coefficient (Wildman–Crippen LogP) is 4.59. The van der Waals surface area contributed by atoms with E-state index < -0.39 is 0 Å². The lowest BCUT2D eigenvalue weighted by Crippen LogP contribution is -2.36. The average molecular weight is 457 g/mol. The molecule has 1 saturated heterocycles. The van der Waals surface area contributed by atoms with Gasteiger partial charge in [-0.15, -0.1) is 24.8 Å². The van der Waals surface area contributed by atoms with E-state index in [4.69, 9.17) is 17.3 Å². The number of nitrogens with two attached hydrogens (primary N) is 1. The van der Waals surface area contributed by atoms with Crippen molar-refractivity contribution in [2.75, 3.05) is 31.2 Å². The summed E-state index contributed by atoms with van der Waals surface area (Å²) in [6.07, 6.45) is 1.74. The number of aromatic amines is 1. The van der Waals surface area contributed by atoms with E-state index in [0.29, 0.717) is 16.5 Å². The zero-order valence-electron chi connectivity index (χ0n) is 15.9. The van der Waals surface area contributed by atoms with Crippen LogP contribution in [-0.4, -0.2) is 41.1 Å². The van der Waals surface area contributed by atoms with Gasteiger partial charge in [0.2, 0.25) is 5.91 Å². The van der Waals surface area contributed by atoms with Crippen LogP contribution in [0.2, 0.25) is 5.02 Å². The Morgan fingerprint density at radius 1 is 1.21 bits per heavy atom. The SMILES string of the molecule is CN1CCC(C(=O)Nc2n[nH]c3ccc(-c4ccc(N)cc4Cl)cc23)CC1.Cl.Cl. The van der Waals surface area contributed by atoms with Gasteiger partial charge in [0.1, 0.15) is 0 Å². The number of H-pyrrole nitrogens is 1. The van der Waals surface area contributed by atoms with Crippen LogP contribution in [0.15, 0.2) is 36.4 Å². The lowest BCUT2D eigenvalue weighted by Gasteiger charge is -2.27. The molecule has 2 aromatic carbocycles. The van der Waals surface area contributed by atoms with E-state index in [-0.39, 0.29) is 36.6 Å². The van der Waals surface area contributed by atoms with Crippen LogP contribution in [0.3, 0.4) is 0 Å². The molecule has 0 aliphatic carbocycles. The Kier molecular flexibility index (Phi) is 7.77. The number of nitrogens with zero attached hydrogens (tertiary/aromatic N) is 2. The van der Waals surface area contributed by atoms with Crippen molar-refractivity contribution in [2.24, 2.45) is 5.92 Å². The zero-order chi connectivity index (χ0) is 19.0. The van der Waals surface area contributed by atoms with Crippen LogP contribution in [0.4, 0.5) is 11.5 Å². The van der Waals surface area contributed by atoms with Gasteiger partial charge in [0.05, 0.1) is 10.5 Å². The first-order chi connectivity index (χ1) is 13.0. The molecule has 156 valence electrons. The van der Waals surface area contributed by atoms with E-state index in [1.54, 1.807) is 6.07 Å². The highest BCUT2D eigenvalue weighted by Crippen LogP contribution is 2.33. The normalized spacial score (nSPS) is 14.8.